The largest absolute Gasteiger partial charge is 0.459 e. The van der Waals surface area contributed by atoms with Gasteiger partial charge >= 0.3 is 12.1 Å². The zero-order chi connectivity index (χ0) is 18.2. The zero-order valence-electron chi connectivity index (χ0n) is 15.0. The molecule has 0 bridgehead atoms. The number of nitrogens with zero attached hydrogens (tertiary/aromatic N) is 1. The van der Waals surface area contributed by atoms with E-state index in [1.165, 1.54) is 6.92 Å². The van der Waals surface area contributed by atoms with E-state index >= 15 is 0 Å². The van der Waals surface area contributed by atoms with Crippen LogP contribution in [0.15, 0.2) is 42.1 Å². The topological polar surface area (TPSA) is 55.8 Å². The molecule has 5 nitrogen and oxygen atoms in total. The molecule has 0 saturated carbocycles. The van der Waals surface area contributed by atoms with Gasteiger partial charge < -0.3 is 9.47 Å². The third kappa shape index (κ3) is 3.60. The van der Waals surface area contributed by atoms with Gasteiger partial charge in [0, 0.05) is 12.8 Å². The minimum atomic E-state index is -0.605. The van der Waals surface area contributed by atoms with Gasteiger partial charge in [-0.05, 0) is 31.9 Å². The van der Waals surface area contributed by atoms with Gasteiger partial charge in [0.2, 0.25) is 0 Å². The van der Waals surface area contributed by atoms with Crippen molar-refractivity contribution in [2.75, 3.05) is 6.61 Å². The average Bonchev–Trinajstić information content (AvgIpc) is 2.90. The van der Waals surface area contributed by atoms with Crippen LogP contribution in [0.25, 0.3) is 6.08 Å². The monoisotopic (exact) mass is 341 g/mol. The van der Waals surface area contributed by atoms with Crippen molar-refractivity contribution < 1.29 is 19.1 Å². The van der Waals surface area contributed by atoms with Gasteiger partial charge in [0.15, 0.2) is 0 Å². The Labute approximate surface area is 147 Å². The van der Waals surface area contributed by atoms with Crippen molar-refractivity contribution in [3.05, 3.63) is 53.2 Å². The molecule has 1 aliphatic carbocycles. The molecule has 1 amide bonds. The third-order valence-electron chi connectivity index (χ3n) is 4.16. The smallest absolute Gasteiger partial charge is 0.415 e. The van der Waals surface area contributed by atoms with E-state index in [4.69, 9.17) is 9.47 Å². The second kappa shape index (κ2) is 6.39. The fourth-order valence-electron chi connectivity index (χ4n) is 3.23. The van der Waals surface area contributed by atoms with Gasteiger partial charge in [-0.1, -0.05) is 42.5 Å². The first kappa shape index (κ1) is 17.3. The van der Waals surface area contributed by atoms with Crippen LogP contribution >= 0.6 is 0 Å². The molecule has 2 atom stereocenters. The number of hydrogen-bond acceptors (Lipinski definition) is 4. The summed E-state index contributed by atoms with van der Waals surface area (Å²) in [5.41, 5.74) is 2.20. The minimum absolute atomic E-state index is 0.0352. The van der Waals surface area contributed by atoms with E-state index in [-0.39, 0.29) is 24.5 Å². The fraction of sp³-hybridized carbons (Fsp3) is 0.400. The summed E-state index contributed by atoms with van der Waals surface area (Å²) in [5.74, 6) is -0.344. The van der Waals surface area contributed by atoms with Crippen LogP contribution in [0.2, 0.25) is 0 Å². The summed E-state index contributed by atoms with van der Waals surface area (Å²) in [4.78, 5) is 25.7. The summed E-state index contributed by atoms with van der Waals surface area (Å²) in [6.45, 7) is 6.92. The SMILES string of the molecule is CC(=O)OCC1=C[C@H]2C=Cc3ccccc3[C@H]2N1C(=O)OC(C)(C)C. The Balaban J connectivity index is 1.96. The minimum Gasteiger partial charge on any atom is -0.459 e. The summed E-state index contributed by atoms with van der Waals surface area (Å²) >= 11 is 0. The maximum absolute atomic E-state index is 12.9. The highest BCUT2D eigenvalue weighted by atomic mass is 16.6. The van der Waals surface area contributed by atoms with E-state index in [1.54, 1.807) is 4.90 Å². The van der Waals surface area contributed by atoms with Crippen molar-refractivity contribution in [3.63, 3.8) is 0 Å². The molecule has 2 aliphatic rings. The first-order chi connectivity index (χ1) is 11.8. The lowest BCUT2D eigenvalue weighted by atomic mass is 9.86. The molecule has 0 unspecified atom stereocenters. The number of fused-ring (bicyclic) bond motifs is 3. The molecular weight excluding hydrogens is 318 g/mol. The number of ether oxygens (including phenoxy) is 2. The summed E-state index contributed by atoms with van der Waals surface area (Å²) in [7, 11) is 0. The highest BCUT2D eigenvalue weighted by Crippen LogP contribution is 2.45. The van der Waals surface area contributed by atoms with Gasteiger partial charge in [-0.3, -0.25) is 9.69 Å². The maximum Gasteiger partial charge on any atom is 0.415 e. The van der Waals surface area contributed by atoms with E-state index in [1.807, 2.05) is 51.1 Å². The van der Waals surface area contributed by atoms with Crippen molar-refractivity contribution in [1.29, 1.82) is 0 Å². The molecule has 0 N–H and O–H groups in total. The normalized spacial score (nSPS) is 21.3. The quantitative estimate of drug-likeness (QED) is 0.761. The Bertz CT molecular complexity index is 757. The molecule has 25 heavy (non-hydrogen) atoms. The van der Waals surface area contributed by atoms with Gasteiger partial charge in [-0.25, -0.2) is 4.79 Å². The third-order valence-corrected chi connectivity index (χ3v) is 4.16. The summed E-state index contributed by atoms with van der Waals surface area (Å²) in [5, 5.41) is 0. The second-order valence-electron chi connectivity index (χ2n) is 7.30. The number of amides is 1. The van der Waals surface area contributed by atoms with Crippen molar-refractivity contribution in [1.82, 2.24) is 4.90 Å². The van der Waals surface area contributed by atoms with Gasteiger partial charge in [0.05, 0.1) is 11.7 Å². The molecule has 0 fully saturated rings. The van der Waals surface area contributed by atoms with E-state index < -0.39 is 11.7 Å². The second-order valence-corrected chi connectivity index (χ2v) is 7.30. The van der Waals surface area contributed by atoms with E-state index in [9.17, 15) is 9.59 Å². The molecule has 0 saturated heterocycles. The lowest BCUT2D eigenvalue weighted by molar-refractivity contribution is -0.140. The number of rotatable bonds is 2. The van der Waals surface area contributed by atoms with Crippen LogP contribution in [0.3, 0.4) is 0 Å². The van der Waals surface area contributed by atoms with Crippen LogP contribution in [0.5, 0.6) is 0 Å². The summed E-state index contributed by atoms with van der Waals surface area (Å²) in [6.07, 6.45) is 5.69. The Kier molecular flexibility index (Phi) is 4.41. The zero-order valence-corrected chi connectivity index (χ0v) is 15.0. The number of carbonyl (C=O) groups excluding carboxylic acids is 2. The number of hydrogen-bond donors (Lipinski definition) is 0. The van der Waals surface area contributed by atoms with Gasteiger partial charge in [0.1, 0.15) is 12.2 Å². The lowest BCUT2D eigenvalue weighted by Crippen LogP contribution is -2.39. The van der Waals surface area contributed by atoms with E-state index in [2.05, 4.69) is 12.2 Å². The molecule has 0 spiro atoms. The first-order valence-electron chi connectivity index (χ1n) is 8.39. The summed E-state index contributed by atoms with van der Waals surface area (Å²) < 4.78 is 10.8. The number of carbonyl (C=O) groups is 2. The average molecular weight is 341 g/mol. The van der Waals surface area contributed by atoms with Crippen LogP contribution in [-0.4, -0.2) is 29.2 Å². The van der Waals surface area contributed by atoms with Crippen LogP contribution in [0.4, 0.5) is 4.79 Å². The lowest BCUT2D eigenvalue weighted by Gasteiger charge is -2.34. The van der Waals surface area contributed by atoms with E-state index in [0.29, 0.717) is 5.70 Å². The predicted octanol–water partition coefficient (Wildman–Crippen LogP) is 4.07. The number of benzene rings is 1. The Morgan fingerprint density at radius 1 is 1.20 bits per heavy atom. The highest BCUT2D eigenvalue weighted by Gasteiger charge is 2.42. The van der Waals surface area contributed by atoms with Gasteiger partial charge in [-0.15, -0.1) is 0 Å². The fourth-order valence-corrected chi connectivity index (χ4v) is 3.23. The van der Waals surface area contributed by atoms with Gasteiger partial charge in [-0.2, -0.15) is 0 Å². The first-order valence-corrected chi connectivity index (χ1v) is 8.39. The molecule has 132 valence electrons. The molecule has 5 heteroatoms. The molecule has 0 aromatic heterocycles. The van der Waals surface area contributed by atoms with E-state index in [0.717, 1.165) is 11.1 Å². The number of esters is 1. The molecule has 1 aromatic rings. The molecule has 1 heterocycles. The molecule has 3 rings (SSSR count). The molecule has 0 radical (unpaired) electrons. The standard InChI is InChI=1S/C20H23NO4/c1-13(22)24-12-16-11-15-10-9-14-7-5-6-8-17(14)18(15)21(16)19(23)25-20(2,3)4/h5-11,15,18H,12H2,1-4H3/t15-,18+/m1/s1. The molecular formula is C20H23NO4. The van der Waals surface area contributed by atoms with Crippen LogP contribution < -0.4 is 0 Å². The maximum atomic E-state index is 12.9. The predicted molar refractivity (Wildman–Crippen MR) is 94.5 cm³/mol. The van der Waals surface area contributed by atoms with Crippen LogP contribution in [0, 0.1) is 5.92 Å². The van der Waals surface area contributed by atoms with Crippen molar-refractivity contribution in [3.8, 4) is 0 Å². The van der Waals surface area contributed by atoms with Crippen LogP contribution in [0.1, 0.15) is 44.9 Å². The summed E-state index contributed by atoms with van der Waals surface area (Å²) in [6, 6.07) is 7.81. The highest BCUT2D eigenvalue weighted by molar-refractivity contribution is 5.74. The van der Waals surface area contributed by atoms with Crippen LogP contribution in [-0.2, 0) is 14.3 Å². The molecule has 1 aromatic carbocycles. The Morgan fingerprint density at radius 3 is 2.60 bits per heavy atom. The van der Waals surface area contributed by atoms with Crippen molar-refractivity contribution in [2.45, 2.75) is 39.3 Å². The van der Waals surface area contributed by atoms with Crippen molar-refractivity contribution in [2.24, 2.45) is 5.92 Å². The molecule has 1 aliphatic heterocycles. The Morgan fingerprint density at radius 2 is 1.92 bits per heavy atom. The van der Waals surface area contributed by atoms with Gasteiger partial charge in [0.25, 0.3) is 0 Å². The van der Waals surface area contributed by atoms with Crippen molar-refractivity contribution >= 4 is 18.1 Å². The Hall–Kier alpha value is -2.56.